The van der Waals surface area contributed by atoms with E-state index in [1.165, 1.54) is 0 Å². The van der Waals surface area contributed by atoms with Crippen LogP contribution in [-0.4, -0.2) is 64.8 Å². The molecule has 4 fully saturated rings. The van der Waals surface area contributed by atoms with Gasteiger partial charge >= 0.3 is 0 Å². The van der Waals surface area contributed by atoms with Crippen LogP contribution in [0, 0.1) is 46.3 Å². The summed E-state index contributed by atoms with van der Waals surface area (Å²) in [7, 11) is -4.08. The highest BCUT2D eigenvalue weighted by Crippen LogP contribution is 2.68. The Labute approximate surface area is 210 Å². The molecule has 1 amide bonds. The number of nitrogens with one attached hydrogen (secondary N) is 1. The van der Waals surface area contributed by atoms with E-state index >= 15 is 0 Å². The van der Waals surface area contributed by atoms with E-state index in [-0.39, 0.29) is 41.2 Å². The third-order valence-corrected chi connectivity index (χ3v) is 11.7. The van der Waals surface area contributed by atoms with Gasteiger partial charge in [0.2, 0.25) is 5.91 Å². The fourth-order valence-electron chi connectivity index (χ4n) is 9.18. The molecule has 4 aliphatic carbocycles. The third kappa shape index (κ3) is 5.05. The molecule has 0 aliphatic heterocycles. The highest BCUT2D eigenvalue weighted by Gasteiger charge is 2.65. The predicted molar refractivity (Wildman–Crippen MR) is 132 cm³/mol. The second-order valence-corrected chi connectivity index (χ2v) is 14.3. The Kier molecular flexibility index (Phi) is 7.69. The largest absolute Gasteiger partial charge is 0.393 e. The smallest absolute Gasteiger partial charge is 0.266 e. The second kappa shape index (κ2) is 9.86. The molecule has 9 heteroatoms. The van der Waals surface area contributed by atoms with Crippen molar-refractivity contribution in [3.8, 4) is 0 Å². The van der Waals surface area contributed by atoms with Crippen molar-refractivity contribution in [2.75, 3.05) is 12.3 Å². The van der Waals surface area contributed by atoms with Crippen LogP contribution >= 0.6 is 0 Å². The number of carbonyl (C=O) groups is 1. The first-order chi connectivity index (χ1) is 16.3. The molecule has 202 valence electrons. The zero-order valence-corrected chi connectivity index (χ0v) is 22.2. The van der Waals surface area contributed by atoms with E-state index < -0.39 is 28.1 Å². The van der Waals surface area contributed by atoms with Crippen LogP contribution in [0.2, 0.25) is 0 Å². The number of hydrogen-bond donors (Lipinski definition) is 5. The van der Waals surface area contributed by atoms with E-state index in [0.29, 0.717) is 42.9 Å². The average Bonchev–Trinajstić information content (AvgIpc) is 3.13. The van der Waals surface area contributed by atoms with Crippen LogP contribution in [0.1, 0.15) is 78.6 Å². The van der Waals surface area contributed by atoms with Crippen LogP contribution in [0.3, 0.4) is 0 Å². The Morgan fingerprint density at radius 3 is 2.31 bits per heavy atom. The highest BCUT2D eigenvalue weighted by atomic mass is 32.2. The summed E-state index contributed by atoms with van der Waals surface area (Å²) in [6.07, 6.45) is 5.54. The van der Waals surface area contributed by atoms with Crippen molar-refractivity contribution in [3.63, 3.8) is 0 Å². The van der Waals surface area contributed by atoms with Crippen LogP contribution < -0.4 is 5.32 Å². The maximum Gasteiger partial charge on any atom is 0.266 e. The first-order valence-corrected chi connectivity index (χ1v) is 15.1. The lowest BCUT2D eigenvalue weighted by Crippen LogP contribution is -2.64. The summed E-state index contributed by atoms with van der Waals surface area (Å²) in [5.41, 5.74) is 0.00776. The number of amides is 1. The number of rotatable bonds is 7. The molecule has 0 radical (unpaired) electrons. The molecule has 0 aromatic heterocycles. The van der Waals surface area contributed by atoms with Crippen LogP contribution in [0.5, 0.6) is 0 Å². The monoisotopic (exact) mass is 515 g/mol. The Bertz CT molecular complexity index is 896. The van der Waals surface area contributed by atoms with Crippen LogP contribution in [-0.2, 0) is 14.9 Å². The van der Waals surface area contributed by atoms with Gasteiger partial charge in [-0.3, -0.25) is 9.35 Å². The average molecular weight is 516 g/mol. The normalized spacial score (nSPS) is 46.3. The minimum Gasteiger partial charge on any atom is -0.393 e. The molecule has 0 spiro atoms. The van der Waals surface area contributed by atoms with Gasteiger partial charge in [-0.15, -0.1) is 0 Å². The minimum absolute atomic E-state index is 0.0479. The molecule has 0 heterocycles. The van der Waals surface area contributed by atoms with Gasteiger partial charge in [-0.05, 0) is 97.7 Å². The Balaban J connectivity index is 1.42. The molecular weight excluding hydrogens is 470 g/mol. The van der Waals surface area contributed by atoms with Crippen LogP contribution in [0.15, 0.2) is 0 Å². The van der Waals surface area contributed by atoms with Gasteiger partial charge < -0.3 is 20.6 Å². The van der Waals surface area contributed by atoms with Gasteiger partial charge in [0, 0.05) is 13.0 Å². The van der Waals surface area contributed by atoms with E-state index in [4.69, 9.17) is 4.55 Å². The predicted octanol–water partition coefficient (Wildman–Crippen LogP) is 2.37. The van der Waals surface area contributed by atoms with Gasteiger partial charge in [-0.25, -0.2) is 0 Å². The van der Waals surface area contributed by atoms with Gasteiger partial charge in [0.25, 0.3) is 10.1 Å². The maximum atomic E-state index is 12.2. The molecule has 11 atom stereocenters. The number of hydrogen-bond acceptors (Lipinski definition) is 6. The number of aliphatic hydroxyl groups excluding tert-OH is 3. The Hall–Kier alpha value is -0.740. The van der Waals surface area contributed by atoms with E-state index in [1.807, 2.05) is 0 Å². The standard InChI is InChI=1S/C26H45NO7S/c1-15(4-7-21(29)27-12-13-35(32,33)34)17-5-6-18-22-19(9-11-25(17,18)2)26(3)10-8-16(28)14-20(26)23(30)24(22)31/h15-20,22-24,28,30-31H,4-14H2,1-3H3,(H,27,29)(H,32,33,34)/t15-,16-,17?,18?,19?,20+,22?,23+,24?,25-,26-/m1/s1. The zero-order chi connectivity index (χ0) is 25.8. The topological polar surface area (TPSA) is 144 Å². The Morgan fingerprint density at radius 2 is 1.63 bits per heavy atom. The first-order valence-electron chi connectivity index (χ1n) is 13.5. The lowest BCUT2D eigenvalue weighted by atomic mass is 9.43. The van der Waals surface area contributed by atoms with Crippen molar-refractivity contribution >= 4 is 16.0 Å². The summed E-state index contributed by atoms with van der Waals surface area (Å²) >= 11 is 0. The number of fused-ring (bicyclic) bond motifs is 5. The Morgan fingerprint density at radius 1 is 0.971 bits per heavy atom. The molecule has 0 aromatic carbocycles. The van der Waals surface area contributed by atoms with Crippen molar-refractivity contribution in [1.82, 2.24) is 5.32 Å². The molecule has 4 rings (SSSR count). The molecule has 35 heavy (non-hydrogen) atoms. The molecule has 4 aliphatic rings. The van der Waals surface area contributed by atoms with Crippen LogP contribution in [0.25, 0.3) is 0 Å². The molecule has 8 nitrogen and oxygen atoms in total. The van der Waals surface area contributed by atoms with Crippen molar-refractivity contribution in [2.45, 2.75) is 96.9 Å². The first kappa shape index (κ1) is 27.3. The van der Waals surface area contributed by atoms with E-state index in [0.717, 1.165) is 38.5 Å². The van der Waals surface area contributed by atoms with E-state index in [1.54, 1.807) is 0 Å². The fourth-order valence-corrected chi connectivity index (χ4v) is 9.54. The summed E-state index contributed by atoms with van der Waals surface area (Å²) in [6, 6.07) is 0. The van der Waals surface area contributed by atoms with Crippen molar-refractivity contribution in [1.29, 1.82) is 0 Å². The van der Waals surface area contributed by atoms with Gasteiger partial charge in [0.1, 0.15) is 0 Å². The molecule has 0 saturated heterocycles. The molecule has 5 unspecified atom stereocenters. The summed E-state index contributed by atoms with van der Waals surface area (Å²) in [6.45, 7) is 6.75. The summed E-state index contributed by atoms with van der Waals surface area (Å²) in [4.78, 5) is 12.2. The summed E-state index contributed by atoms with van der Waals surface area (Å²) in [5.74, 6) is 0.781. The molecule has 0 aromatic rings. The summed E-state index contributed by atoms with van der Waals surface area (Å²) in [5, 5.41) is 35.4. The summed E-state index contributed by atoms with van der Waals surface area (Å²) < 4.78 is 30.5. The molecular formula is C26H45NO7S. The van der Waals surface area contributed by atoms with Gasteiger partial charge in [-0.1, -0.05) is 20.8 Å². The minimum atomic E-state index is -4.08. The number of carbonyl (C=O) groups excluding carboxylic acids is 1. The zero-order valence-electron chi connectivity index (χ0n) is 21.4. The van der Waals surface area contributed by atoms with Crippen LogP contribution in [0.4, 0.5) is 0 Å². The van der Waals surface area contributed by atoms with Crippen molar-refractivity contribution in [3.05, 3.63) is 0 Å². The fraction of sp³-hybridized carbons (Fsp3) is 0.962. The van der Waals surface area contributed by atoms with Gasteiger partial charge in [0.15, 0.2) is 0 Å². The van der Waals surface area contributed by atoms with E-state index in [9.17, 15) is 28.5 Å². The van der Waals surface area contributed by atoms with Gasteiger partial charge in [-0.2, -0.15) is 8.42 Å². The second-order valence-electron chi connectivity index (χ2n) is 12.7. The van der Waals surface area contributed by atoms with E-state index in [2.05, 4.69) is 26.1 Å². The third-order valence-electron chi connectivity index (χ3n) is 11.0. The SMILES string of the molecule is C[C@H](CCC(=O)NCCS(=O)(=O)O)C1CCC2C3C(O)[C@@H](O)[C@@H]4C[C@H](O)CC[C@]4(C)C3CC[C@@]21C. The highest BCUT2D eigenvalue weighted by molar-refractivity contribution is 7.85. The molecule has 0 bridgehead atoms. The number of aliphatic hydroxyl groups is 3. The van der Waals surface area contributed by atoms with Gasteiger partial charge in [0.05, 0.1) is 24.1 Å². The maximum absolute atomic E-state index is 12.2. The lowest BCUT2D eigenvalue weighted by Gasteiger charge is -2.63. The molecule has 5 N–H and O–H groups in total. The molecule has 4 saturated carbocycles. The lowest BCUT2D eigenvalue weighted by molar-refractivity contribution is -0.223. The van der Waals surface area contributed by atoms with Crippen molar-refractivity contribution < 1.29 is 33.1 Å². The van der Waals surface area contributed by atoms with Crippen molar-refractivity contribution in [2.24, 2.45) is 46.3 Å². The quantitative estimate of drug-likeness (QED) is 0.327.